The lowest BCUT2D eigenvalue weighted by atomic mass is 9.97. The minimum absolute atomic E-state index is 0.109. The highest BCUT2D eigenvalue weighted by molar-refractivity contribution is 5.68. The molecule has 1 heterocycles. The van der Waals surface area contributed by atoms with Crippen molar-refractivity contribution in [1.82, 2.24) is 9.80 Å². The average molecular weight is 439 g/mol. The van der Waals surface area contributed by atoms with Crippen LogP contribution in [0.2, 0.25) is 0 Å². The Bertz CT molecular complexity index is 743. The highest BCUT2D eigenvalue weighted by atomic mass is 16.5. The van der Waals surface area contributed by atoms with Crippen molar-refractivity contribution in [3.8, 4) is 0 Å². The molecule has 1 aliphatic heterocycles. The van der Waals surface area contributed by atoms with Crippen molar-refractivity contribution in [2.45, 2.75) is 57.3 Å². The van der Waals surface area contributed by atoms with E-state index in [2.05, 4.69) is 70.5 Å². The Morgan fingerprint density at radius 2 is 1.56 bits per heavy atom. The molecule has 0 bridgehead atoms. The fourth-order valence-corrected chi connectivity index (χ4v) is 4.63. The average Bonchev–Trinajstić information content (AvgIpc) is 2.84. The van der Waals surface area contributed by atoms with Crippen LogP contribution in [0.5, 0.6) is 0 Å². The minimum Gasteiger partial charge on any atom is -0.469 e. The molecule has 2 aromatic carbocycles. The number of likely N-dealkylation sites (tertiary alicyclic amines) is 1. The lowest BCUT2D eigenvalue weighted by Gasteiger charge is -2.43. The summed E-state index contributed by atoms with van der Waals surface area (Å²) in [5.74, 6) is -0.109. The summed E-state index contributed by atoms with van der Waals surface area (Å²) < 4.78 is 10.7. The van der Waals surface area contributed by atoms with Crippen LogP contribution in [0.1, 0.15) is 43.2 Å². The smallest absolute Gasteiger partial charge is 0.305 e. The lowest BCUT2D eigenvalue weighted by molar-refractivity contribution is -0.140. The zero-order chi connectivity index (χ0) is 22.6. The van der Waals surface area contributed by atoms with Gasteiger partial charge in [0.15, 0.2) is 0 Å². The van der Waals surface area contributed by atoms with Crippen molar-refractivity contribution < 1.29 is 14.3 Å². The number of benzene rings is 2. The van der Waals surface area contributed by atoms with Crippen LogP contribution in [0, 0.1) is 0 Å². The summed E-state index contributed by atoms with van der Waals surface area (Å²) in [5, 5.41) is 0. The van der Waals surface area contributed by atoms with E-state index in [4.69, 9.17) is 9.47 Å². The topological polar surface area (TPSA) is 42.0 Å². The molecule has 0 saturated carbocycles. The SMILES string of the molecule is COC(=O)CCCCCN1CC[C@@H](N(Cc2ccccc2)Cc2ccccc2)[C@@H](OC)C1. The van der Waals surface area contributed by atoms with E-state index in [1.807, 2.05) is 7.11 Å². The maximum absolute atomic E-state index is 11.3. The number of piperidine rings is 1. The first-order valence-corrected chi connectivity index (χ1v) is 11.8. The first kappa shape index (κ1) is 24.4. The van der Waals surface area contributed by atoms with Crippen molar-refractivity contribution >= 4 is 5.97 Å². The van der Waals surface area contributed by atoms with E-state index in [-0.39, 0.29) is 12.1 Å². The molecule has 1 saturated heterocycles. The maximum Gasteiger partial charge on any atom is 0.305 e. The molecular weight excluding hydrogens is 400 g/mol. The van der Waals surface area contributed by atoms with E-state index < -0.39 is 0 Å². The Hall–Kier alpha value is -2.21. The standard InChI is InChI=1S/C27H38N2O3/c1-31-26-22-28(18-11-5-10-16-27(30)32-2)19-17-25(26)29(20-23-12-6-3-7-13-23)21-24-14-8-4-9-15-24/h3-4,6-9,12-15,25-26H,5,10-11,16-22H2,1-2H3/t25-,26+/m1/s1. The molecule has 2 atom stereocenters. The Morgan fingerprint density at radius 3 is 2.12 bits per heavy atom. The van der Waals surface area contributed by atoms with Crippen molar-refractivity contribution in [1.29, 1.82) is 0 Å². The zero-order valence-electron chi connectivity index (χ0n) is 19.6. The normalized spacial score (nSPS) is 19.2. The third-order valence-corrected chi connectivity index (χ3v) is 6.42. The highest BCUT2D eigenvalue weighted by Crippen LogP contribution is 2.24. The van der Waals surface area contributed by atoms with Gasteiger partial charge in [0.1, 0.15) is 0 Å². The number of nitrogens with zero attached hydrogens (tertiary/aromatic N) is 2. The number of carbonyl (C=O) groups excluding carboxylic acids is 1. The van der Waals surface area contributed by atoms with Gasteiger partial charge >= 0.3 is 5.97 Å². The highest BCUT2D eigenvalue weighted by Gasteiger charge is 2.33. The second kappa shape index (κ2) is 13.4. The zero-order valence-corrected chi connectivity index (χ0v) is 19.6. The Balaban J connectivity index is 1.58. The van der Waals surface area contributed by atoms with Crippen LogP contribution in [0.15, 0.2) is 60.7 Å². The van der Waals surface area contributed by atoms with Crippen molar-refractivity contribution in [3.05, 3.63) is 71.8 Å². The fourth-order valence-electron chi connectivity index (χ4n) is 4.63. The molecule has 5 nitrogen and oxygen atoms in total. The molecule has 0 amide bonds. The van der Waals surface area contributed by atoms with Crippen molar-refractivity contribution in [3.63, 3.8) is 0 Å². The number of unbranched alkanes of at least 4 members (excludes halogenated alkanes) is 2. The number of ether oxygens (including phenoxy) is 2. The van der Waals surface area contributed by atoms with Gasteiger partial charge in [0.25, 0.3) is 0 Å². The minimum atomic E-state index is -0.109. The van der Waals surface area contributed by atoms with E-state index in [1.165, 1.54) is 18.2 Å². The van der Waals surface area contributed by atoms with Crippen LogP contribution in [0.25, 0.3) is 0 Å². The molecule has 1 aliphatic rings. The van der Waals surface area contributed by atoms with Gasteiger partial charge in [-0.05, 0) is 43.5 Å². The Morgan fingerprint density at radius 1 is 0.938 bits per heavy atom. The van der Waals surface area contributed by atoms with E-state index in [0.717, 1.165) is 58.4 Å². The summed E-state index contributed by atoms with van der Waals surface area (Å²) in [6.45, 7) is 4.95. The van der Waals surface area contributed by atoms with Gasteiger partial charge in [0.05, 0.1) is 13.2 Å². The van der Waals surface area contributed by atoms with Crippen LogP contribution in [0.3, 0.4) is 0 Å². The summed E-state index contributed by atoms with van der Waals surface area (Å²) in [4.78, 5) is 16.4. The summed E-state index contributed by atoms with van der Waals surface area (Å²) in [7, 11) is 3.30. The van der Waals surface area contributed by atoms with Gasteiger partial charge in [-0.3, -0.25) is 9.69 Å². The van der Waals surface area contributed by atoms with Gasteiger partial charge in [-0.2, -0.15) is 0 Å². The molecule has 0 unspecified atom stereocenters. The number of esters is 1. The second-order valence-electron chi connectivity index (χ2n) is 8.69. The number of methoxy groups -OCH3 is 2. The molecule has 32 heavy (non-hydrogen) atoms. The molecule has 0 radical (unpaired) electrons. The van der Waals surface area contributed by atoms with Crippen molar-refractivity contribution in [2.75, 3.05) is 33.9 Å². The molecule has 5 heteroatoms. The maximum atomic E-state index is 11.3. The number of hydrogen-bond donors (Lipinski definition) is 0. The van der Waals surface area contributed by atoms with Gasteiger partial charge in [-0.1, -0.05) is 67.1 Å². The van der Waals surface area contributed by atoms with Gasteiger partial charge < -0.3 is 14.4 Å². The molecule has 0 aromatic heterocycles. The van der Waals surface area contributed by atoms with E-state index in [9.17, 15) is 4.79 Å². The van der Waals surface area contributed by atoms with Crippen LogP contribution in [-0.2, 0) is 27.4 Å². The first-order valence-electron chi connectivity index (χ1n) is 11.8. The molecular formula is C27H38N2O3. The number of carbonyl (C=O) groups is 1. The van der Waals surface area contributed by atoms with Crippen LogP contribution in [0.4, 0.5) is 0 Å². The monoisotopic (exact) mass is 438 g/mol. The van der Waals surface area contributed by atoms with Crippen molar-refractivity contribution in [2.24, 2.45) is 0 Å². The Labute approximate surface area is 193 Å². The predicted molar refractivity (Wildman–Crippen MR) is 128 cm³/mol. The molecule has 0 N–H and O–H groups in total. The summed E-state index contributed by atoms with van der Waals surface area (Å²) in [6.07, 6.45) is 4.87. The molecule has 174 valence electrons. The predicted octanol–water partition coefficient (Wildman–Crippen LogP) is 4.51. The molecule has 1 fully saturated rings. The summed E-state index contributed by atoms with van der Waals surface area (Å²) >= 11 is 0. The number of rotatable bonds is 12. The van der Waals surface area contributed by atoms with E-state index >= 15 is 0 Å². The molecule has 2 aromatic rings. The number of hydrogen-bond acceptors (Lipinski definition) is 5. The van der Waals surface area contributed by atoms with Gasteiger partial charge in [0, 0.05) is 39.2 Å². The largest absolute Gasteiger partial charge is 0.469 e. The third-order valence-electron chi connectivity index (χ3n) is 6.42. The summed E-state index contributed by atoms with van der Waals surface area (Å²) in [5.41, 5.74) is 2.68. The molecule has 3 rings (SSSR count). The van der Waals surface area contributed by atoms with E-state index in [1.54, 1.807) is 0 Å². The Kier molecular flexibility index (Phi) is 10.2. The third kappa shape index (κ3) is 7.73. The van der Waals surface area contributed by atoms with E-state index in [0.29, 0.717) is 12.5 Å². The van der Waals surface area contributed by atoms with Gasteiger partial charge in [-0.15, -0.1) is 0 Å². The van der Waals surface area contributed by atoms with Crippen LogP contribution >= 0.6 is 0 Å². The van der Waals surface area contributed by atoms with Crippen LogP contribution in [-0.4, -0.2) is 61.8 Å². The molecule has 0 aliphatic carbocycles. The lowest BCUT2D eigenvalue weighted by Crippen LogP contribution is -2.54. The van der Waals surface area contributed by atoms with Crippen LogP contribution < -0.4 is 0 Å². The second-order valence-corrected chi connectivity index (χ2v) is 8.69. The fraction of sp³-hybridized carbons (Fsp3) is 0.519. The quantitative estimate of drug-likeness (QED) is 0.360. The first-order chi connectivity index (χ1) is 15.7. The molecule has 0 spiro atoms. The summed E-state index contributed by atoms with van der Waals surface area (Å²) in [6, 6.07) is 21.9. The van der Waals surface area contributed by atoms with Gasteiger partial charge in [0.2, 0.25) is 0 Å². The van der Waals surface area contributed by atoms with Gasteiger partial charge in [-0.25, -0.2) is 0 Å².